The third-order valence-electron chi connectivity index (χ3n) is 3.15. The molecule has 0 saturated heterocycles. The zero-order chi connectivity index (χ0) is 12.1. The van der Waals surface area contributed by atoms with Crippen molar-refractivity contribution in [3.8, 4) is 0 Å². The number of thioether (sulfide) groups is 1. The molecule has 0 aliphatic carbocycles. The van der Waals surface area contributed by atoms with Crippen molar-refractivity contribution >= 4 is 23.4 Å². The first kappa shape index (κ1) is 13.3. The van der Waals surface area contributed by atoms with Crippen LogP contribution in [-0.2, 0) is 0 Å². The van der Waals surface area contributed by atoms with E-state index in [0.29, 0.717) is 11.3 Å². The van der Waals surface area contributed by atoms with E-state index in [1.807, 2.05) is 11.8 Å². The van der Waals surface area contributed by atoms with Crippen LogP contribution in [0.1, 0.15) is 31.2 Å². The lowest BCUT2D eigenvalue weighted by molar-refractivity contribution is 0.584. The monoisotopic (exact) mass is 269 g/mol. The molecule has 17 heavy (non-hydrogen) atoms. The summed E-state index contributed by atoms with van der Waals surface area (Å²) in [4.78, 5) is 1.47. The van der Waals surface area contributed by atoms with Gasteiger partial charge in [-0.15, -0.1) is 23.4 Å². The number of nitrogens with one attached hydrogen (secondary N) is 1. The second kappa shape index (κ2) is 6.67. The molecule has 1 aliphatic heterocycles. The Balaban J connectivity index is 1.71. The van der Waals surface area contributed by atoms with E-state index in [2.05, 4.69) is 36.5 Å². The van der Waals surface area contributed by atoms with Gasteiger partial charge in [0.15, 0.2) is 0 Å². The van der Waals surface area contributed by atoms with Gasteiger partial charge < -0.3 is 5.32 Å². The normalized spacial score (nSPS) is 20.2. The molecular weight excluding hydrogens is 250 g/mol. The van der Waals surface area contributed by atoms with E-state index in [-0.39, 0.29) is 0 Å². The number of halogens is 1. The summed E-state index contributed by atoms with van der Waals surface area (Å²) in [5.41, 5.74) is 1.52. The maximum Gasteiger partial charge on any atom is 0.0308 e. The van der Waals surface area contributed by atoms with Gasteiger partial charge in [-0.1, -0.05) is 18.2 Å². The second-order valence-corrected chi connectivity index (χ2v) is 6.48. The lowest BCUT2D eigenvalue weighted by atomic mass is 10.0. The van der Waals surface area contributed by atoms with E-state index in [0.717, 1.165) is 19.5 Å². The molecule has 1 aliphatic rings. The highest BCUT2D eigenvalue weighted by Crippen LogP contribution is 2.38. The van der Waals surface area contributed by atoms with E-state index in [9.17, 15) is 0 Å². The van der Waals surface area contributed by atoms with Crippen molar-refractivity contribution in [1.82, 2.24) is 5.32 Å². The summed E-state index contributed by atoms with van der Waals surface area (Å²) in [5, 5.41) is 3.86. The third kappa shape index (κ3) is 3.90. The first-order valence-corrected chi connectivity index (χ1v) is 7.76. The van der Waals surface area contributed by atoms with Gasteiger partial charge >= 0.3 is 0 Å². The molecule has 0 saturated carbocycles. The van der Waals surface area contributed by atoms with Crippen LogP contribution in [0.25, 0.3) is 0 Å². The summed E-state index contributed by atoms with van der Waals surface area (Å²) < 4.78 is 0. The van der Waals surface area contributed by atoms with Crippen molar-refractivity contribution in [1.29, 1.82) is 0 Å². The fourth-order valence-electron chi connectivity index (χ4n) is 2.18. The van der Waals surface area contributed by atoms with Gasteiger partial charge in [0, 0.05) is 28.5 Å². The molecule has 2 rings (SSSR count). The minimum atomic E-state index is 0.305. The fraction of sp³-hybridized carbons (Fsp3) is 0.571. The third-order valence-corrected chi connectivity index (χ3v) is 4.62. The van der Waals surface area contributed by atoms with Crippen LogP contribution in [-0.4, -0.2) is 24.2 Å². The first-order valence-electron chi connectivity index (χ1n) is 6.34. The van der Waals surface area contributed by atoms with Crippen LogP contribution in [0.4, 0.5) is 0 Å². The molecule has 0 bridgehead atoms. The van der Waals surface area contributed by atoms with Gasteiger partial charge in [0.05, 0.1) is 0 Å². The smallest absolute Gasteiger partial charge is 0.0308 e. The Morgan fingerprint density at radius 1 is 1.47 bits per heavy atom. The quantitative estimate of drug-likeness (QED) is 0.621. The average Bonchev–Trinajstić information content (AvgIpc) is 2.72. The Morgan fingerprint density at radius 2 is 2.29 bits per heavy atom. The Morgan fingerprint density at radius 3 is 3.12 bits per heavy atom. The Labute approximate surface area is 113 Å². The number of hydrogen-bond acceptors (Lipinski definition) is 2. The summed E-state index contributed by atoms with van der Waals surface area (Å²) >= 11 is 7.90. The Hall–Kier alpha value is -0.180. The molecular formula is C14H20ClNS. The minimum Gasteiger partial charge on any atom is -0.316 e. The molecule has 2 unspecified atom stereocenters. The molecule has 1 aromatic rings. The lowest BCUT2D eigenvalue weighted by Gasteiger charge is -2.12. The fourth-order valence-corrected chi connectivity index (χ4v) is 3.59. The predicted octanol–water partition coefficient (Wildman–Crippen LogP) is 3.87. The van der Waals surface area contributed by atoms with Crippen molar-refractivity contribution in [2.75, 3.05) is 18.8 Å². The van der Waals surface area contributed by atoms with E-state index >= 15 is 0 Å². The summed E-state index contributed by atoms with van der Waals surface area (Å²) in [6.07, 6.45) is 2.27. The molecule has 0 radical (unpaired) electrons. The van der Waals surface area contributed by atoms with Crippen LogP contribution in [0.15, 0.2) is 29.2 Å². The van der Waals surface area contributed by atoms with Gasteiger partial charge in [-0.2, -0.15) is 0 Å². The SMILES string of the molecule is CC(Cl)CCCNCC1CSc2ccccc21. The highest BCUT2D eigenvalue weighted by Gasteiger charge is 2.21. The van der Waals surface area contributed by atoms with Gasteiger partial charge in [0.1, 0.15) is 0 Å². The second-order valence-electron chi connectivity index (χ2n) is 4.67. The van der Waals surface area contributed by atoms with Crippen molar-refractivity contribution in [3.63, 3.8) is 0 Å². The van der Waals surface area contributed by atoms with Crippen LogP contribution in [0, 0.1) is 0 Å². The van der Waals surface area contributed by atoms with Crippen LogP contribution in [0.5, 0.6) is 0 Å². The van der Waals surface area contributed by atoms with E-state index in [4.69, 9.17) is 11.6 Å². The molecule has 0 aromatic heterocycles. The molecule has 1 aromatic carbocycles. The predicted molar refractivity (Wildman–Crippen MR) is 77.3 cm³/mol. The van der Waals surface area contributed by atoms with Gasteiger partial charge in [0.25, 0.3) is 0 Å². The number of fused-ring (bicyclic) bond motifs is 1. The molecule has 0 fully saturated rings. The molecule has 3 heteroatoms. The molecule has 94 valence electrons. The van der Waals surface area contributed by atoms with E-state index in [1.165, 1.54) is 22.6 Å². The molecule has 0 amide bonds. The van der Waals surface area contributed by atoms with Crippen LogP contribution < -0.4 is 5.32 Å². The van der Waals surface area contributed by atoms with E-state index in [1.54, 1.807) is 0 Å². The van der Waals surface area contributed by atoms with E-state index < -0.39 is 0 Å². The number of rotatable bonds is 6. The number of hydrogen-bond donors (Lipinski definition) is 1. The van der Waals surface area contributed by atoms with Crippen molar-refractivity contribution in [2.24, 2.45) is 0 Å². The molecule has 2 atom stereocenters. The Bertz CT molecular complexity index is 354. The van der Waals surface area contributed by atoms with Gasteiger partial charge in [0.2, 0.25) is 0 Å². The average molecular weight is 270 g/mol. The maximum absolute atomic E-state index is 5.92. The molecule has 1 N–H and O–H groups in total. The molecule has 1 nitrogen and oxygen atoms in total. The van der Waals surface area contributed by atoms with Gasteiger partial charge in [-0.05, 0) is 37.9 Å². The summed E-state index contributed by atoms with van der Waals surface area (Å²) in [7, 11) is 0. The molecule has 0 spiro atoms. The summed E-state index contributed by atoms with van der Waals surface area (Å²) in [6, 6.07) is 8.77. The highest BCUT2D eigenvalue weighted by molar-refractivity contribution is 7.99. The summed E-state index contributed by atoms with van der Waals surface area (Å²) in [5.74, 6) is 1.91. The van der Waals surface area contributed by atoms with Crippen LogP contribution >= 0.6 is 23.4 Å². The highest BCUT2D eigenvalue weighted by atomic mass is 35.5. The standard InChI is InChI=1S/C14H20ClNS/c1-11(15)5-4-8-16-9-12-10-17-14-7-3-2-6-13(12)14/h2-3,6-7,11-12,16H,4-5,8-10H2,1H3. The molecule has 1 heterocycles. The zero-order valence-electron chi connectivity index (χ0n) is 10.3. The number of benzene rings is 1. The van der Waals surface area contributed by atoms with Gasteiger partial charge in [-0.3, -0.25) is 0 Å². The van der Waals surface area contributed by atoms with Crippen molar-refractivity contribution in [3.05, 3.63) is 29.8 Å². The van der Waals surface area contributed by atoms with Crippen LogP contribution in [0.3, 0.4) is 0 Å². The maximum atomic E-state index is 5.92. The van der Waals surface area contributed by atoms with Crippen molar-refractivity contribution < 1.29 is 0 Å². The van der Waals surface area contributed by atoms with Gasteiger partial charge in [-0.25, -0.2) is 0 Å². The van der Waals surface area contributed by atoms with Crippen LogP contribution in [0.2, 0.25) is 0 Å². The number of alkyl halides is 1. The minimum absolute atomic E-state index is 0.305. The Kier molecular flexibility index (Phi) is 5.20. The summed E-state index contributed by atoms with van der Waals surface area (Å²) in [6.45, 7) is 4.24. The largest absolute Gasteiger partial charge is 0.316 e. The first-order chi connectivity index (χ1) is 8.27. The topological polar surface area (TPSA) is 12.0 Å². The zero-order valence-corrected chi connectivity index (χ0v) is 11.9. The lowest BCUT2D eigenvalue weighted by Crippen LogP contribution is -2.23. The van der Waals surface area contributed by atoms with Crippen molar-refractivity contribution in [2.45, 2.75) is 36.0 Å².